The number of hydrogen-bond donors (Lipinski definition) is 1. The van der Waals surface area contributed by atoms with Crippen LogP contribution in [0.1, 0.15) is 42.1 Å². The van der Waals surface area contributed by atoms with E-state index in [0.717, 1.165) is 31.0 Å². The Bertz CT molecular complexity index is 594. The number of benzene rings is 1. The zero-order valence-corrected chi connectivity index (χ0v) is 12.7. The lowest BCUT2D eigenvalue weighted by molar-refractivity contribution is 0.246. The van der Waals surface area contributed by atoms with Crippen LogP contribution in [0.15, 0.2) is 42.6 Å². The Kier molecular flexibility index (Phi) is 4.20. The maximum absolute atomic E-state index is 5.79. The van der Waals surface area contributed by atoms with E-state index in [9.17, 15) is 0 Å². The molecule has 1 aromatic carbocycles. The first-order chi connectivity index (χ1) is 10.3. The number of aryl methyl sites for hydroxylation is 1. The molecule has 3 rings (SSSR count). The fourth-order valence-electron chi connectivity index (χ4n) is 3.09. The fourth-order valence-corrected chi connectivity index (χ4v) is 3.09. The maximum atomic E-state index is 5.79. The third kappa shape index (κ3) is 2.93. The molecule has 3 nitrogen and oxygen atoms in total. The highest BCUT2D eigenvalue weighted by Crippen LogP contribution is 2.41. The number of para-hydroxylation sites is 1. The summed E-state index contributed by atoms with van der Waals surface area (Å²) < 4.78 is 5.79. The normalized spacial score (nSPS) is 18.7. The molecule has 0 saturated carbocycles. The summed E-state index contributed by atoms with van der Waals surface area (Å²) >= 11 is 0. The van der Waals surface area contributed by atoms with Gasteiger partial charge in [-0.25, -0.2) is 0 Å². The zero-order valence-electron chi connectivity index (χ0n) is 12.7. The van der Waals surface area contributed by atoms with Gasteiger partial charge in [0.2, 0.25) is 0 Å². The molecule has 110 valence electrons. The molecular weight excluding hydrogens is 260 g/mol. The van der Waals surface area contributed by atoms with E-state index in [0.29, 0.717) is 5.92 Å². The first-order valence-corrected chi connectivity index (χ1v) is 7.67. The third-order valence-electron chi connectivity index (χ3n) is 4.12. The number of aromatic nitrogens is 1. The molecule has 2 aromatic rings. The van der Waals surface area contributed by atoms with Gasteiger partial charge in [0.05, 0.1) is 6.61 Å². The Morgan fingerprint density at radius 2 is 2.14 bits per heavy atom. The molecule has 1 aliphatic heterocycles. The van der Waals surface area contributed by atoms with E-state index in [1.807, 2.05) is 19.2 Å². The van der Waals surface area contributed by atoms with E-state index in [4.69, 9.17) is 4.74 Å². The van der Waals surface area contributed by atoms with Gasteiger partial charge in [-0.1, -0.05) is 31.2 Å². The van der Waals surface area contributed by atoms with Crippen LogP contribution in [0, 0.1) is 6.92 Å². The van der Waals surface area contributed by atoms with E-state index in [1.54, 1.807) is 0 Å². The smallest absolute Gasteiger partial charge is 0.122 e. The number of ether oxygens (including phenoxy) is 1. The van der Waals surface area contributed by atoms with Gasteiger partial charge in [-0.3, -0.25) is 4.98 Å². The number of pyridine rings is 1. The highest BCUT2D eigenvalue weighted by atomic mass is 16.5. The molecule has 2 atom stereocenters. The molecule has 1 aromatic heterocycles. The summed E-state index contributed by atoms with van der Waals surface area (Å²) in [5, 5.41) is 3.63. The van der Waals surface area contributed by atoms with Crippen molar-refractivity contribution in [3.8, 4) is 5.75 Å². The molecule has 3 heteroatoms. The summed E-state index contributed by atoms with van der Waals surface area (Å²) in [4.78, 5) is 4.46. The van der Waals surface area contributed by atoms with E-state index in [-0.39, 0.29) is 6.04 Å². The van der Waals surface area contributed by atoms with Gasteiger partial charge in [-0.05, 0) is 43.1 Å². The average Bonchev–Trinajstić information content (AvgIpc) is 2.53. The Hall–Kier alpha value is -1.87. The summed E-state index contributed by atoms with van der Waals surface area (Å²) in [7, 11) is 0. The standard InChI is InChI=1S/C18H22N2O/c1-3-19-18(14-9-8-13(2)20-12-14)16-10-11-21-17-7-5-4-6-15(16)17/h4-9,12,16,18-19H,3,10-11H2,1-2H3. The van der Waals surface area contributed by atoms with Gasteiger partial charge in [0.1, 0.15) is 5.75 Å². The predicted octanol–water partition coefficient (Wildman–Crippen LogP) is 3.61. The highest BCUT2D eigenvalue weighted by Gasteiger charge is 2.29. The zero-order chi connectivity index (χ0) is 14.7. The number of hydrogen-bond acceptors (Lipinski definition) is 3. The lowest BCUT2D eigenvalue weighted by Gasteiger charge is -2.33. The SMILES string of the molecule is CCNC(c1ccc(C)nc1)C1CCOc2ccccc21. The van der Waals surface area contributed by atoms with Gasteiger partial charge in [0.25, 0.3) is 0 Å². The minimum absolute atomic E-state index is 0.285. The molecule has 0 amide bonds. The number of fused-ring (bicyclic) bond motifs is 1. The fraction of sp³-hybridized carbons (Fsp3) is 0.389. The summed E-state index contributed by atoms with van der Waals surface area (Å²) in [5.74, 6) is 1.45. The molecule has 0 fully saturated rings. The van der Waals surface area contributed by atoms with Crippen molar-refractivity contribution in [2.45, 2.75) is 32.2 Å². The van der Waals surface area contributed by atoms with Crippen LogP contribution in [0.2, 0.25) is 0 Å². The minimum Gasteiger partial charge on any atom is -0.493 e. The van der Waals surface area contributed by atoms with Crippen LogP contribution in [0.3, 0.4) is 0 Å². The van der Waals surface area contributed by atoms with Crippen LogP contribution >= 0.6 is 0 Å². The lowest BCUT2D eigenvalue weighted by atomic mass is 9.83. The molecule has 21 heavy (non-hydrogen) atoms. The van der Waals surface area contributed by atoms with Crippen molar-refractivity contribution in [3.63, 3.8) is 0 Å². The van der Waals surface area contributed by atoms with Crippen molar-refractivity contribution in [2.75, 3.05) is 13.2 Å². The Morgan fingerprint density at radius 3 is 2.90 bits per heavy atom. The molecule has 0 bridgehead atoms. The van der Waals surface area contributed by atoms with Crippen LogP contribution in [0.4, 0.5) is 0 Å². The molecule has 0 spiro atoms. The number of rotatable bonds is 4. The van der Waals surface area contributed by atoms with Gasteiger partial charge in [0.15, 0.2) is 0 Å². The monoisotopic (exact) mass is 282 g/mol. The van der Waals surface area contributed by atoms with Crippen LogP contribution in [-0.2, 0) is 0 Å². The van der Waals surface area contributed by atoms with Crippen molar-refractivity contribution >= 4 is 0 Å². The summed E-state index contributed by atoms with van der Waals surface area (Å²) in [6.45, 7) is 5.90. The van der Waals surface area contributed by atoms with Gasteiger partial charge < -0.3 is 10.1 Å². The van der Waals surface area contributed by atoms with Gasteiger partial charge in [-0.2, -0.15) is 0 Å². The summed E-state index contributed by atoms with van der Waals surface area (Å²) in [6, 6.07) is 12.9. The van der Waals surface area contributed by atoms with E-state index in [1.165, 1.54) is 11.1 Å². The van der Waals surface area contributed by atoms with Crippen LogP contribution in [0.5, 0.6) is 5.75 Å². The second-order valence-electron chi connectivity index (χ2n) is 5.55. The molecule has 2 heterocycles. The van der Waals surface area contributed by atoms with Crippen molar-refractivity contribution in [3.05, 3.63) is 59.4 Å². The maximum Gasteiger partial charge on any atom is 0.122 e. The van der Waals surface area contributed by atoms with E-state index >= 15 is 0 Å². The molecule has 0 radical (unpaired) electrons. The van der Waals surface area contributed by atoms with Crippen LogP contribution in [-0.4, -0.2) is 18.1 Å². The Balaban J connectivity index is 1.96. The van der Waals surface area contributed by atoms with Gasteiger partial charge in [0, 0.05) is 23.9 Å². The molecule has 1 N–H and O–H groups in total. The summed E-state index contributed by atoms with van der Waals surface area (Å²) in [5.41, 5.74) is 3.61. The van der Waals surface area contributed by atoms with Crippen molar-refractivity contribution in [1.29, 1.82) is 0 Å². The van der Waals surface area contributed by atoms with Gasteiger partial charge in [-0.15, -0.1) is 0 Å². The highest BCUT2D eigenvalue weighted by molar-refractivity contribution is 5.40. The first-order valence-electron chi connectivity index (χ1n) is 7.67. The Morgan fingerprint density at radius 1 is 1.29 bits per heavy atom. The third-order valence-corrected chi connectivity index (χ3v) is 4.12. The second kappa shape index (κ2) is 6.27. The number of likely N-dealkylation sites (N-methyl/N-ethyl adjacent to an activating group) is 1. The largest absolute Gasteiger partial charge is 0.493 e. The minimum atomic E-state index is 0.285. The molecular formula is C18H22N2O. The summed E-state index contributed by atoms with van der Waals surface area (Å²) in [6.07, 6.45) is 3.03. The topological polar surface area (TPSA) is 34.2 Å². The van der Waals surface area contributed by atoms with E-state index in [2.05, 4.69) is 47.6 Å². The number of nitrogens with one attached hydrogen (secondary N) is 1. The average molecular weight is 282 g/mol. The van der Waals surface area contributed by atoms with Gasteiger partial charge >= 0.3 is 0 Å². The lowest BCUT2D eigenvalue weighted by Crippen LogP contribution is -2.30. The quantitative estimate of drug-likeness (QED) is 0.930. The van der Waals surface area contributed by atoms with Crippen molar-refractivity contribution < 1.29 is 4.74 Å². The van der Waals surface area contributed by atoms with Crippen molar-refractivity contribution in [2.24, 2.45) is 0 Å². The van der Waals surface area contributed by atoms with Crippen molar-refractivity contribution in [1.82, 2.24) is 10.3 Å². The number of nitrogens with zero attached hydrogens (tertiary/aromatic N) is 1. The Labute approximate surface area is 126 Å². The molecule has 0 aliphatic carbocycles. The molecule has 0 saturated heterocycles. The van der Waals surface area contributed by atoms with E-state index < -0.39 is 0 Å². The van der Waals surface area contributed by atoms with Crippen LogP contribution < -0.4 is 10.1 Å². The van der Waals surface area contributed by atoms with Crippen LogP contribution in [0.25, 0.3) is 0 Å². The molecule has 1 aliphatic rings. The second-order valence-corrected chi connectivity index (χ2v) is 5.55. The first kappa shape index (κ1) is 14.1. The molecule has 2 unspecified atom stereocenters. The predicted molar refractivity (Wildman–Crippen MR) is 84.7 cm³/mol.